The van der Waals surface area contributed by atoms with E-state index >= 15 is 0 Å². The highest BCUT2D eigenvalue weighted by molar-refractivity contribution is 5.94. The average Bonchev–Trinajstić information content (AvgIpc) is 2.29. The van der Waals surface area contributed by atoms with E-state index < -0.39 is 0 Å². The highest BCUT2D eigenvalue weighted by Gasteiger charge is 2.03. The molecule has 0 saturated heterocycles. The number of nitrogens with two attached hydrogens (primary N) is 1. The third-order valence-corrected chi connectivity index (χ3v) is 2.19. The monoisotopic (exact) mass is 271 g/mol. The summed E-state index contributed by atoms with van der Waals surface area (Å²) in [6, 6.07) is 6.73. The summed E-state index contributed by atoms with van der Waals surface area (Å²) >= 11 is 0. The van der Waals surface area contributed by atoms with E-state index in [-0.39, 0.29) is 24.2 Å². The van der Waals surface area contributed by atoms with Gasteiger partial charge >= 0.3 is 0 Å². The predicted octanol–water partition coefficient (Wildman–Crippen LogP) is 0.947. The minimum absolute atomic E-state index is 0. The number of amides is 2. The van der Waals surface area contributed by atoms with E-state index in [4.69, 9.17) is 5.73 Å². The normalized spacial score (nSPS) is 9.17. The van der Waals surface area contributed by atoms with Crippen LogP contribution in [0, 0.1) is 0 Å². The van der Waals surface area contributed by atoms with E-state index in [0.717, 1.165) is 0 Å². The van der Waals surface area contributed by atoms with Gasteiger partial charge in [0.05, 0.1) is 0 Å². The molecule has 4 N–H and O–H groups in total. The van der Waals surface area contributed by atoms with Crippen LogP contribution < -0.4 is 16.4 Å². The Hall–Kier alpha value is -1.75. The Morgan fingerprint density at radius 1 is 1.11 bits per heavy atom. The first kappa shape index (κ1) is 16.2. The summed E-state index contributed by atoms with van der Waals surface area (Å²) in [4.78, 5) is 22.2. The Balaban J connectivity index is 0.00000289. The number of nitrogen functional groups attached to an aromatic ring is 1. The molecule has 0 radical (unpaired) electrons. The summed E-state index contributed by atoms with van der Waals surface area (Å²) in [5.74, 6) is -0.192. The lowest BCUT2D eigenvalue weighted by molar-refractivity contribution is -0.118. The molecule has 0 unspecified atom stereocenters. The Morgan fingerprint density at radius 2 is 1.67 bits per heavy atom. The van der Waals surface area contributed by atoms with Crippen LogP contribution in [0.2, 0.25) is 0 Å². The van der Waals surface area contributed by atoms with Crippen LogP contribution >= 0.6 is 12.4 Å². The van der Waals surface area contributed by atoms with Crippen molar-refractivity contribution in [2.75, 3.05) is 18.8 Å². The second kappa shape index (κ2) is 8.36. The molecule has 1 aromatic carbocycles. The predicted molar refractivity (Wildman–Crippen MR) is 73.7 cm³/mol. The second-order valence-electron chi connectivity index (χ2n) is 3.71. The summed E-state index contributed by atoms with van der Waals surface area (Å²) < 4.78 is 0. The molecule has 5 nitrogen and oxygen atoms in total. The fraction of sp³-hybridized carbons (Fsp3) is 0.333. The molecule has 1 rings (SSSR count). The van der Waals surface area contributed by atoms with E-state index in [1.807, 2.05) is 0 Å². The number of benzene rings is 1. The third-order valence-electron chi connectivity index (χ3n) is 2.19. The highest BCUT2D eigenvalue weighted by atomic mass is 35.5. The summed E-state index contributed by atoms with van der Waals surface area (Å²) in [5, 5.41) is 5.42. The third kappa shape index (κ3) is 6.10. The number of nitrogens with one attached hydrogen (secondary N) is 2. The maximum Gasteiger partial charge on any atom is 0.251 e. The van der Waals surface area contributed by atoms with Crippen LogP contribution in [0.25, 0.3) is 0 Å². The fourth-order valence-electron chi connectivity index (χ4n) is 1.29. The quantitative estimate of drug-likeness (QED) is 0.551. The van der Waals surface area contributed by atoms with Crippen LogP contribution in [0.3, 0.4) is 0 Å². The van der Waals surface area contributed by atoms with Crippen LogP contribution in [0.5, 0.6) is 0 Å². The van der Waals surface area contributed by atoms with Gasteiger partial charge in [-0.05, 0) is 30.7 Å². The molecule has 0 aliphatic rings. The van der Waals surface area contributed by atoms with Crippen molar-refractivity contribution in [1.29, 1.82) is 0 Å². The van der Waals surface area contributed by atoms with Gasteiger partial charge in [-0.1, -0.05) is 0 Å². The lowest BCUT2D eigenvalue weighted by Gasteiger charge is -2.05. The summed E-state index contributed by atoms with van der Waals surface area (Å²) in [5.41, 5.74) is 6.74. The van der Waals surface area contributed by atoms with Gasteiger partial charge in [-0.3, -0.25) is 9.59 Å². The number of carbonyl (C=O) groups excluding carboxylic acids is 2. The van der Waals surface area contributed by atoms with E-state index in [9.17, 15) is 9.59 Å². The first-order valence-corrected chi connectivity index (χ1v) is 5.48. The molecule has 0 aromatic heterocycles. The Kier molecular flexibility index (Phi) is 7.54. The zero-order chi connectivity index (χ0) is 12.7. The number of hydrogen-bond acceptors (Lipinski definition) is 3. The molecule has 100 valence electrons. The van der Waals surface area contributed by atoms with Crippen molar-refractivity contribution in [2.24, 2.45) is 0 Å². The molecule has 0 saturated carbocycles. The standard InChI is InChI=1S/C12H17N3O2.ClH/c1-9(16)14-7-2-8-15-12(17)10-3-5-11(13)6-4-10;/h3-6H,2,7-8,13H2,1H3,(H,14,16)(H,15,17);1H. The topological polar surface area (TPSA) is 84.2 Å². The first-order chi connectivity index (χ1) is 8.09. The van der Waals surface area contributed by atoms with Gasteiger partial charge < -0.3 is 16.4 Å². The first-order valence-electron chi connectivity index (χ1n) is 5.48. The molecule has 1 aromatic rings. The zero-order valence-corrected chi connectivity index (χ0v) is 11.0. The van der Waals surface area contributed by atoms with Crippen LogP contribution in [-0.4, -0.2) is 24.9 Å². The minimum Gasteiger partial charge on any atom is -0.399 e. The SMILES string of the molecule is CC(=O)NCCCNC(=O)c1ccc(N)cc1.Cl. The van der Waals surface area contributed by atoms with Crippen LogP contribution in [0.1, 0.15) is 23.7 Å². The Morgan fingerprint density at radius 3 is 2.22 bits per heavy atom. The van der Waals surface area contributed by atoms with Crippen molar-refractivity contribution in [1.82, 2.24) is 10.6 Å². The van der Waals surface area contributed by atoms with Gasteiger partial charge in [-0.15, -0.1) is 12.4 Å². The van der Waals surface area contributed by atoms with E-state index in [0.29, 0.717) is 30.8 Å². The van der Waals surface area contributed by atoms with E-state index in [1.54, 1.807) is 24.3 Å². The maximum atomic E-state index is 11.6. The van der Waals surface area contributed by atoms with Gasteiger partial charge in [0.25, 0.3) is 5.91 Å². The number of rotatable bonds is 5. The molecular formula is C12H18ClN3O2. The molecule has 0 bridgehead atoms. The fourth-order valence-corrected chi connectivity index (χ4v) is 1.29. The van der Waals surface area contributed by atoms with Crippen molar-refractivity contribution in [3.05, 3.63) is 29.8 Å². The average molecular weight is 272 g/mol. The number of anilines is 1. The summed E-state index contributed by atoms with van der Waals surface area (Å²) in [6.45, 7) is 2.56. The second-order valence-corrected chi connectivity index (χ2v) is 3.71. The highest BCUT2D eigenvalue weighted by Crippen LogP contribution is 2.04. The molecule has 0 aliphatic heterocycles. The van der Waals surface area contributed by atoms with E-state index in [1.165, 1.54) is 6.92 Å². The molecule has 2 amide bonds. The van der Waals surface area contributed by atoms with E-state index in [2.05, 4.69) is 10.6 Å². The number of carbonyl (C=O) groups is 2. The van der Waals surface area contributed by atoms with Crippen molar-refractivity contribution in [3.63, 3.8) is 0 Å². The smallest absolute Gasteiger partial charge is 0.251 e. The molecule has 6 heteroatoms. The lowest BCUT2D eigenvalue weighted by Crippen LogP contribution is -2.28. The molecule has 0 atom stereocenters. The van der Waals surface area contributed by atoms with Crippen molar-refractivity contribution >= 4 is 29.9 Å². The van der Waals surface area contributed by atoms with Gasteiger partial charge in [-0.2, -0.15) is 0 Å². The molecule has 18 heavy (non-hydrogen) atoms. The lowest BCUT2D eigenvalue weighted by atomic mass is 10.2. The van der Waals surface area contributed by atoms with Gasteiger partial charge in [0.1, 0.15) is 0 Å². The molecular weight excluding hydrogens is 254 g/mol. The van der Waals surface area contributed by atoms with Crippen LogP contribution in [-0.2, 0) is 4.79 Å². The molecule has 0 fully saturated rings. The molecule has 0 aliphatic carbocycles. The van der Waals surface area contributed by atoms with Gasteiger partial charge in [0, 0.05) is 31.3 Å². The number of halogens is 1. The largest absolute Gasteiger partial charge is 0.399 e. The minimum atomic E-state index is -0.132. The zero-order valence-electron chi connectivity index (χ0n) is 10.2. The van der Waals surface area contributed by atoms with Crippen molar-refractivity contribution in [2.45, 2.75) is 13.3 Å². The van der Waals surface area contributed by atoms with Gasteiger partial charge in [0.2, 0.25) is 5.91 Å². The molecule has 0 heterocycles. The van der Waals surface area contributed by atoms with Crippen molar-refractivity contribution < 1.29 is 9.59 Å². The maximum absolute atomic E-state index is 11.6. The van der Waals surface area contributed by atoms with Gasteiger partial charge in [-0.25, -0.2) is 0 Å². The Labute approximate surface area is 113 Å². The van der Waals surface area contributed by atoms with Crippen molar-refractivity contribution in [3.8, 4) is 0 Å². The van der Waals surface area contributed by atoms with Crippen LogP contribution in [0.4, 0.5) is 5.69 Å². The Bertz CT molecular complexity index is 393. The summed E-state index contributed by atoms with van der Waals surface area (Å²) in [7, 11) is 0. The van der Waals surface area contributed by atoms with Crippen LogP contribution in [0.15, 0.2) is 24.3 Å². The number of hydrogen-bond donors (Lipinski definition) is 3. The molecule has 0 spiro atoms. The summed E-state index contributed by atoms with van der Waals surface area (Å²) in [6.07, 6.45) is 0.709. The van der Waals surface area contributed by atoms with Gasteiger partial charge in [0.15, 0.2) is 0 Å².